The van der Waals surface area contributed by atoms with E-state index < -0.39 is 10.0 Å². The lowest BCUT2D eigenvalue weighted by Crippen LogP contribution is -2.45. The van der Waals surface area contributed by atoms with Gasteiger partial charge in [0, 0.05) is 6.04 Å². The predicted molar refractivity (Wildman–Crippen MR) is 113 cm³/mol. The molecule has 3 rings (SSSR count). The molecule has 28 heavy (non-hydrogen) atoms. The number of nitrogens with one attached hydrogen (secondary N) is 1. The first-order valence-corrected chi connectivity index (χ1v) is 11.6. The van der Waals surface area contributed by atoms with E-state index in [-0.39, 0.29) is 18.5 Å². The summed E-state index contributed by atoms with van der Waals surface area (Å²) in [5.41, 5.74) is 2.73. The number of para-hydroxylation sites is 1. The van der Waals surface area contributed by atoms with E-state index in [4.69, 9.17) is 0 Å². The van der Waals surface area contributed by atoms with Crippen LogP contribution in [0, 0.1) is 6.92 Å². The van der Waals surface area contributed by atoms with E-state index in [0.29, 0.717) is 11.6 Å². The standard InChI is InChI=1S/C22H28N2O3S/c1-17-8-6-7-11-21(17)24(28(2,26)27)16-22(25)23-20-14-12-19(13-15-20)18-9-4-3-5-10-18/h3-11,19-20H,12-16H2,1-2H3,(H,23,25). The van der Waals surface area contributed by atoms with Crippen molar-refractivity contribution in [2.24, 2.45) is 0 Å². The van der Waals surface area contributed by atoms with Crippen molar-refractivity contribution in [3.05, 3.63) is 65.7 Å². The summed E-state index contributed by atoms with van der Waals surface area (Å²) >= 11 is 0. The van der Waals surface area contributed by atoms with E-state index in [9.17, 15) is 13.2 Å². The fourth-order valence-corrected chi connectivity index (χ4v) is 4.84. The third-order valence-corrected chi connectivity index (χ3v) is 6.56. The van der Waals surface area contributed by atoms with Gasteiger partial charge in [-0.15, -0.1) is 0 Å². The SMILES string of the molecule is Cc1ccccc1N(CC(=O)NC1CCC(c2ccccc2)CC1)S(C)(=O)=O. The zero-order valence-corrected chi connectivity index (χ0v) is 17.3. The van der Waals surface area contributed by atoms with Crippen LogP contribution >= 0.6 is 0 Å². The average Bonchev–Trinajstić information content (AvgIpc) is 2.67. The number of amides is 1. The van der Waals surface area contributed by atoms with Gasteiger partial charge in [0.1, 0.15) is 6.54 Å². The molecule has 2 aromatic carbocycles. The molecule has 1 amide bonds. The Kier molecular flexibility index (Phi) is 6.39. The van der Waals surface area contributed by atoms with Crippen LogP contribution in [-0.4, -0.2) is 33.2 Å². The molecule has 2 aromatic rings. The van der Waals surface area contributed by atoms with Crippen molar-refractivity contribution >= 4 is 21.6 Å². The van der Waals surface area contributed by atoms with Gasteiger partial charge < -0.3 is 5.32 Å². The van der Waals surface area contributed by atoms with Crippen molar-refractivity contribution in [2.75, 3.05) is 17.1 Å². The van der Waals surface area contributed by atoms with E-state index in [1.807, 2.05) is 25.1 Å². The fraction of sp³-hybridized carbons (Fsp3) is 0.409. The zero-order chi connectivity index (χ0) is 20.1. The van der Waals surface area contributed by atoms with Crippen LogP contribution in [0.5, 0.6) is 0 Å². The number of hydrogen-bond donors (Lipinski definition) is 1. The minimum absolute atomic E-state index is 0.103. The van der Waals surface area contributed by atoms with E-state index in [2.05, 4.69) is 29.6 Å². The molecule has 0 heterocycles. The molecule has 0 bridgehead atoms. The minimum Gasteiger partial charge on any atom is -0.352 e. The molecule has 6 heteroatoms. The lowest BCUT2D eigenvalue weighted by Gasteiger charge is -2.30. The van der Waals surface area contributed by atoms with Gasteiger partial charge in [0.2, 0.25) is 15.9 Å². The van der Waals surface area contributed by atoms with Gasteiger partial charge in [-0.3, -0.25) is 9.10 Å². The Hall–Kier alpha value is -2.34. The highest BCUT2D eigenvalue weighted by atomic mass is 32.2. The Balaban J connectivity index is 1.59. The van der Waals surface area contributed by atoms with Crippen molar-refractivity contribution in [2.45, 2.75) is 44.6 Å². The summed E-state index contributed by atoms with van der Waals surface area (Å²) in [5.74, 6) is 0.283. The number of hydrogen-bond acceptors (Lipinski definition) is 3. The van der Waals surface area contributed by atoms with Gasteiger partial charge >= 0.3 is 0 Å². The largest absolute Gasteiger partial charge is 0.352 e. The summed E-state index contributed by atoms with van der Waals surface area (Å²) in [4.78, 5) is 12.6. The van der Waals surface area contributed by atoms with E-state index in [1.54, 1.807) is 12.1 Å². The minimum atomic E-state index is -3.55. The number of nitrogens with zero attached hydrogens (tertiary/aromatic N) is 1. The summed E-state index contributed by atoms with van der Waals surface area (Å²) in [6, 6.07) is 17.8. The van der Waals surface area contributed by atoms with Gasteiger partial charge in [-0.25, -0.2) is 8.42 Å². The number of carbonyl (C=O) groups excluding carboxylic acids is 1. The van der Waals surface area contributed by atoms with Gasteiger partial charge in [0.25, 0.3) is 0 Å². The van der Waals surface area contributed by atoms with Gasteiger partial charge in [-0.2, -0.15) is 0 Å². The summed E-state index contributed by atoms with van der Waals surface area (Å²) in [6.45, 7) is 1.65. The highest BCUT2D eigenvalue weighted by Gasteiger charge is 2.26. The Labute approximate surface area is 167 Å². The topological polar surface area (TPSA) is 66.5 Å². The van der Waals surface area contributed by atoms with Gasteiger partial charge in [-0.05, 0) is 55.7 Å². The fourth-order valence-electron chi connectivity index (χ4n) is 3.92. The molecule has 1 aliphatic carbocycles. The van der Waals surface area contributed by atoms with Crippen molar-refractivity contribution < 1.29 is 13.2 Å². The highest BCUT2D eigenvalue weighted by molar-refractivity contribution is 7.92. The van der Waals surface area contributed by atoms with Crippen molar-refractivity contribution in [1.29, 1.82) is 0 Å². The Bertz CT molecular complexity index is 904. The Morgan fingerprint density at radius 1 is 1.00 bits per heavy atom. The maximum atomic E-state index is 12.6. The molecule has 1 saturated carbocycles. The van der Waals surface area contributed by atoms with Crippen molar-refractivity contribution in [3.63, 3.8) is 0 Å². The lowest BCUT2D eigenvalue weighted by atomic mass is 9.82. The van der Waals surface area contributed by atoms with E-state index in [0.717, 1.165) is 37.5 Å². The molecular formula is C22H28N2O3S. The number of benzene rings is 2. The second-order valence-corrected chi connectivity index (χ2v) is 9.49. The quantitative estimate of drug-likeness (QED) is 0.806. The molecule has 0 saturated heterocycles. The van der Waals surface area contributed by atoms with Crippen molar-refractivity contribution in [1.82, 2.24) is 5.32 Å². The third kappa shape index (κ3) is 5.13. The maximum Gasteiger partial charge on any atom is 0.240 e. The smallest absolute Gasteiger partial charge is 0.240 e. The highest BCUT2D eigenvalue weighted by Crippen LogP contribution is 2.32. The summed E-state index contributed by atoms with van der Waals surface area (Å²) in [7, 11) is -3.55. The van der Waals surface area contributed by atoms with Crippen LogP contribution in [0.1, 0.15) is 42.7 Å². The molecule has 1 aliphatic rings. The number of rotatable bonds is 6. The Morgan fingerprint density at radius 2 is 1.61 bits per heavy atom. The van der Waals surface area contributed by atoms with Crippen LogP contribution in [0.3, 0.4) is 0 Å². The average molecular weight is 401 g/mol. The molecule has 0 aliphatic heterocycles. The summed E-state index contributed by atoms with van der Waals surface area (Å²) in [6.07, 6.45) is 5.02. The normalized spacial score (nSPS) is 19.8. The predicted octanol–water partition coefficient (Wildman–Crippen LogP) is 3.60. The zero-order valence-electron chi connectivity index (χ0n) is 16.5. The first-order valence-electron chi connectivity index (χ1n) is 9.72. The molecule has 0 unspecified atom stereocenters. The molecule has 1 N–H and O–H groups in total. The molecule has 0 aromatic heterocycles. The van der Waals surface area contributed by atoms with Gasteiger partial charge in [0.05, 0.1) is 11.9 Å². The number of aryl methyl sites for hydroxylation is 1. The van der Waals surface area contributed by atoms with Gasteiger partial charge in [-0.1, -0.05) is 48.5 Å². The van der Waals surface area contributed by atoms with Gasteiger partial charge in [0.15, 0.2) is 0 Å². The van der Waals surface area contributed by atoms with Crippen molar-refractivity contribution in [3.8, 4) is 0 Å². The third-order valence-electron chi connectivity index (χ3n) is 5.43. The second-order valence-electron chi connectivity index (χ2n) is 7.58. The summed E-state index contributed by atoms with van der Waals surface area (Å²) in [5, 5.41) is 3.04. The van der Waals surface area contributed by atoms with E-state index >= 15 is 0 Å². The van der Waals surface area contributed by atoms with E-state index in [1.165, 1.54) is 9.87 Å². The van der Waals surface area contributed by atoms with Crippen LogP contribution in [-0.2, 0) is 14.8 Å². The lowest BCUT2D eigenvalue weighted by molar-refractivity contribution is -0.120. The molecule has 0 radical (unpaired) electrons. The van der Waals surface area contributed by atoms with Crippen LogP contribution in [0.4, 0.5) is 5.69 Å². The number of anilines is 1. The first-order chi connectivity index (χ1) is 13.3. The second kappa shape index (κ2) is 8.78. The number of carbonyl (C=O) groups is 1. The van der Waals surface area contributed by atoms with Crippen LogP contribution < -0.4 is 9.62 Å². The summed E-state index contributed by atoms with van der Waals surface area (Å²) < 4.78 is 25.7. The maximum absolute atomic E-state index is 12.6. The molecule has 0 spiro atoms. The monoisotopic (exact) mass is 400 g/mol. The number of sulfonamides is 1. The Morgan fingerprint density at radius 3 is 2.21 bits per heavy atom. The van der Waals surface area contributed by atoms with Crippen LogP contribution in [0.15, 0.2) is 54.6 Å². The van der Waals surface area contributed by atoms with Crippen LogP contribution in [0.25, 0.3) is 0 Å². The molecular weight excluding hydrogens is 372 g/mol. The molecule has 1 fully saturated rings. The van der Waals surface area contributed by atoms with Crippen LogP contribution in [0.2, 0.25) is 0 Å². The molecule has 5 nitrogen and oxygen atoms in total. The molecule has 150 valence electrons. The first kappa shape index (κ1) is 20.4. The molecule has 0 atom stereocenters.